The van der Waals surface area contributed by atoms with Gasteiger partial charge in [0.15, 0.2) is 0 Å². The number of aromatic hydroxyl groups is 1. The van der Waals surface area contributed by atoms with Crippen LogP contribution in [0.2, 0.25) is 0 Å². The molecule has 1 aliphatic rings. The summed E-state index contributed by atoms with van der Waals surface area (Å²) in [6.45, 7) is 7.77. The van der Waals surface area contributed by atoms with E-state index in [0.29, 0.717) is 0 Å². The number of halogens is 1. The van der Waals surface area contributed by atoms with Crippen LogP contribution in [0, 0.1) is 5.95 Å². The van der Waals surface area contributed by atoms with Crippen LogP contribution in [-0.2, 0) is 9.31 Å². The molecule has 2 heterocycles. The average Bonchev–Trinajstić information content (AvgIpc) is 2.49. The van der Waals surface area contributed by atoms with Crippen molar-refractivity contribution < 1.29 is 18.8 Å². The van der Waals surface area contributed by atoms with Crippen LogP contribution in [0.25, 0.3) is 6.08 Å². The number of rotatable bonds is 2. The Morgan fingerprint density at radius 2 is 1.79 bits per heavy atom. The molecule has 1 saturated heterocycles. The standard InChI is InChI=1S/C13H17BFNO3/c1-12(2)13(3,4)19-14(18-12)8-7-9-10(17)5-6-11(15)16-9/h5-8,17H,1-4H3/b8-7+. The molecule has 0 unspecified atom stereocenters. The Bertz CT molecular complexity index is 501. The van der Waals surface area contributed by atoms with Gasteiger partial charge in [0.25, 0.3) is 0 Å². The maximum absolute atomic E-state index is 13.0. The molecule has 0 atom stereocenters. The minimum Gasteiger partial charge on any atom is -0.506 e. The van der Waals surface area contributed by atoms with Crippen LogP contribution in [0.1, 0.15) is 33.4 Å². The fourth-order valence-corrected chi connectivity index (χ4v) is 1.70. The predicted octanol–water partition coefficient (Wildman–Crippen LogP) is 2.57. The van der Waals surface area contributed by atoms with Gasteiger partial charge in [-0.15, -0.1) is 0 Å². The monoisotopic (exact) mass is 265 g/mol. The fraction of sp³-hybridized carbons (Fsp3) is 0.462. The first kappa shape index (κ1) is 14.0. The van der Waals surface area contributed by atoms with Crippen molar-refractivity contribution in [1.82, 2.24) is 4.98 Å². The summed E-state index contributed by atoms with van der Waals surface area (Å²) in [5.41, 5.74) is -0.714. The predicted molar refractivity (Wildman–Crippen MR) is 71.0 cm³/mol. The first-order valence-corrected chi connectivity index (χ1v) is 6.11. The molecule has 1 aromatic rings. The van der Waals surface area contributed by atoms with E-state index in [1.807, 2.05) is 27.7 Å². The van der Waals surface area contributed by atoms with Gasteiger partial charge < -0.3 is 14.4 Å². The Labute approximate surface area is 112 Å². The lowest BCUT2D eigenvalue weighted by Crippen LogP contribution is -2.41. The SMILES string of the molecule is CC1(C)OB(/C=C/c2nc(F)ccc2O)OC1(C)C. The average molecular weight is 265 g/mol. The highest BCUT2D eigenvalue weighted by Crippen LogP contribution is 2.37. The van der Waals surface area contributed by atoms with E-state index in [1.165, 1.54) is 12.1 Å². The molecule has 0 spiro atoms. The molecular weight excluding hydrogens is 248 g/mol. The minimum atomic E-state index is -0.647. The Morgan fingerprint density at radius 1 is 1.21 bits per heavy atom. The van der Waals surface area contributed by atoms with E-state index in [4.69, 9.17) is 9.31 Å². The van der Waals surface area contributed by atoms with Crippen molar-refractivity contribution in [3.63, 3.8) is 0 Å². The molecule has 2 rings (SSSR count). The third-order valence-electron chi connectivity index (χ3n) is 3.55. The molecule has 4 nitrogen and oxygen atoms in total. The summed E-state index contributed by atoms with van der Waals surface area (Å²) in [7, 11) is -0.547. The van der Waals surface area contributed by atoms with E-state index in [-0.39, 0.29) is 11.4 Å². The van der Waals surface area contributed by atoms with E-state index < -0.39 is 24.3 Å². The van der Waals surface area contributed by atoms with Crippen LogP contribution in [0.4, 0.5) is 4.39 Å². The molecule has 1 aliphatic heterocycles. The largest absolute Gasteiger partial charge is 0.506 e. The van der Waals surface area contributed by atoms with Gasteiger partial charge in [-0.3, -0.25) is 0 Å². The molecule has 0 amide bonds. The lowest BCUT2D eigenvalue weighted by molar-refractivity contribution is 0.00578. The molecule has 0 saturated carbocycles. The Balaban J connectivity index is 2.15. The van der Waals surface area contributed by atoms with E-state index in [0.717, 1.165) is 6.07 Å². The van der Waals surface area contributed by atoms with Gasteiger partial charge in [-0.25, -0.2) is 4.98 Å². The van der Waals surface area contributed by atoms with Crippen LogP contribution >= 0.6 is 0 Å². The summed E-state index contributed by atoms with van der Waals surface area (Å²) in [6, 6.07) is 2.35. The number of pyridine rings is 1. The van der Waals surface area contributed by atoms with E-state index in [2.05, 4.69) is 4.98 Å². The third kappa shape index (κ3) is 2.79. The van der Waals surface area contributed by atoms with Gasteiger partial charge >= 0.3 is 7.12 Å². The van der Waals surface area contributed by atoms with E-state index in [1.54, 1.807) is 5.98 Å². The second-order valence-electron chi connectivity index (χ2n) is 5.52. The van der Waals surface area contributed by atoms with Crippen molar-refractivity contribution >= 4 is 13.2 Å². The lowest BCUT2D eigenvalue weighted by Gasteiger charge is -2.32. The van der Waals surface area contributed by atoms with Gasteiger partial charge in [-0.05, 0) is 45.9 Å². The molecule has 19 heavy (non-hydrogen) atoms. The fourth-order valence-electron chi connectivity index (χ4n) is 1.70. The summed E-state index contributed by atoms with van der Waals surface area (Å²) in [5.74, 6) is 0.874. The molecule has 0 bridgehead atoms. The third-order valence-corrected chi connectivity index (χ3v) is 3.55. The molecule has 1 N–H and O–H groups in total. The summed E-state index contributed by atoms with van der Waals surface area (Å²) in [6.07, 6.45) is 1.49. The maximum Gasteiger partial charge on any atom is 0.487 e. The van der Waals surface area contributed by atoms with Crippen LogP contribution in [-0.4, -0.2) is 28.4 Å². The highest BCUT2D eigenvalue weighted by atomic mass is 19.1. The zero-order valence-corrected chi connectivity index (χ0v) is 11.5. The molecule has 0 aromatic carbocycles. The van der Waals surface area contributed by atoms with Crippen molar-refractivity contribution in [2.75, 3.05) is 0 Å². The lowest BCUT2D eigenvalue weighted by atomic mass is 9.89. The normalized spacial score (nSPS) is 21.2. The van der Waals surface area contributed by atoms with Crippen molar-refractivity contribution in [3.8, 4) is 5.75 Å². The van der Waals surface area contributed by atoms with Crippen molar-refractivity contribution in [2.45, 2.75) is 38.9 Å². The van der Waals surface area contributed by atoms with Gasteiger partial charge in [0.05, 0.1) is 11.2 Å². The Kier molecular flexibility index (Phi) is 3.41. The molecule has 102 valence electrons. The number of hydrogen-bond acceptors (Lipinski definition) is 4. The second kappa shape index (κ2) is 4.61. The molecule has 0 radical (unpaired) electrons. The zero-order chi connectivity index (χ0) is 14.3. The second-order valence-corrected chi connectivity index (χ2v) is 5.52. The maximum atomic E-state index is 13.0. The van der Waals surface area contributed by atoms with E-state index in [9.17, 15) is 9.50 Å². The van der Waals surface area contributed by atoms with Crippen LogP contribution in [0.5, 0.6) is 5.75 Å². The van der Waals surface area contributed by atoms with Crippen molar-refractivity contribution in [3.05, 3.63) is 29.7 Å². The van der Waals surface area contributed by atoms with Gasteiger partial charge in [0, 0.05) is 0 Å². The first-order valence-electron chi connectivity index (χ1n) is 6.11. The minimum absolute atomic E-state index is 0.0887. The summed E-state index contributed by atoms with van der Waals surface area (Å²) in [5, 5.41) is 9.55. The van der Waals surface area contributed by atoms with Gasteiger partial charge in [-0.2, -0.15) is 4.39 Å². The quantitative estimate of drug-likeness (QED) is 0.659. The van der Waals surface area contributed by atoms with Gasteiger partial charge in [0.1, 0.15) is 11.4 Å². The van der Waals surface area contributed by atoms with Crippen molar-refractivity contribution in [1.29, 1.82) is 0 Å². The smallest absolute Gasteiger partial charge is 0.487 e. The van der Waals surface area contributed by atoms with Gasteiger partial charge in [0.2, 0.25) is 5.95 Å². The summed E-state index contributed by atoms with van der Waals surface area (Å²) >= 11 is 0. The topological polar surface area (TPSA) is 51.6 Å². The zero-order valence-electron chi connectivity index (χ0n) is 11.5. The molecule has 1 fully saturated rings. The number of hydrogen-bond donors (Lipinski definition) is 1. The molecule has 1 aromatic heterocycles. The highest BCUT2D eigenvalue weighted by molar-refractivity contribution is 6.52. The Hall–Kier alpha value is -1.40. The highest BCUT2D eigenvalue weighted by Gasteiger charge is 2.50. The number of nitrogens with zero attached hydrogens (tertiary/aromatic N) is 1. The van der Waals surface area contributed by atoms with Crippen LogP contribution in [0.3, 0.4) is 0 Å². The summed E-state index contributed by atoms with van der Waals surface area (Å²) < 4.78 is 24.5. The molecular formula is C13H17BFNO3. The van der Waals surface area contributed by atoms with Crippen molar-refractivity contribution in [2.24, 2.45) is 0 Å². The van der Waals surface area contributed by atoms with Crippen LogP contribution in [0.15, 0.2) is 18.1 Å². The number of aromatic nitrogens is 1. The Morgan fingerprint density at radius 3 is 2.37 bits per heavy atom. The molecule has 6 heteroatoms. The first-order chi connectivity index (χ1) is 8.71. The van der Waals surface area contributed by atoms with Gasteiger partial charge in [-0.1, -0.05) is 5.98 Å². The van der Waals surface area contributed by atoms with E-state index >= 15 is 0 Å². The summed E-state index contributed by atoms with van der Waals surface area (Å²) in [4.78, 5) is 3.59. The van der Waals surface area contributed by atoms with Crippen LogP contribution < -0.4 is 0 Å². The molecule has 0 aliphatic carbocycles.